The number of hydrogen-bond donors (Lipinski definition) is 1. The predicted octanol–water partition coefficient (Wildman–Crippen LogP) is 3.13. The molecular formula is C17H22ClNO4. The Bertz CT molecular complexity index is 604. The van der Waals surface area contributed by atoms with Crippen LogP contribution in [0.1, 0.15) is 32.3 Å². The number of amides is 1. The number of likely N-dealkylation sites (tertiary alicyclic amines) is 1. The molecule has 1 amide bonds. The maximum atomic E-state index is 12.6. The van der Waals surface area contributed by atoms with Gasteiger partial charge in [-0.3, -0.25) is 9.59 Å². The zero-order valence-electron chi connectivity index (χ0n) is 13.6. The topological polar surface area (TPSA) is 66.8 Å². The lowest BCUT2D eigenvalue weighted by Crippen LogP contribution is -2.52. The van der Waals surface area contributed by atoms with Crippen LogP contribution in [0.4, 0.5) is 0 Å². The van der Waals surface area contributed by atoms with Crippen molar-refractivity contribution in [1.29, 1.82) is 0 Å². The molecule has 0 bridgehead atoms. The van der Waals surface area contributed by atoms with Gasteiger partial charge in [-0.2, -0.15) is 0 Å². The van der Waals surface area contributed by atoms with Gasteiger partial charge in [0.1, 0.15) is 5.75 Å². The van der Waals surface area contributed by atoms with Crippen molar-refractivity contribution in [3.63, 3.8) is 0 Å². The van der Waals surface area contributed by atoms with Crippen LogP contribution in [-0.2, 0) is 9.59 Å². The van der Waals surface area contributed by atoms with Crippen LogP contribution in [0, 0.1) is 12.8 Å². The van der Waals surface area contributed by atoms with Crippen molar-refractivity contribution in [3.8, 4) is 5.75 Å². The van der Waals surface area contributed by atoms with Gasteiger partial charge in [-0.05, 0) is 51.3 Å². The molecule has 0 saturated carbocycles. The quantitative estimate of drug-likeness (QED) is 0.915. The van der Waals surface area contributed by atoms with Crippen molar-refractivity contribution in [2.24, 2.45) is 5.92 Å². The molecular weight excluding hydrogens is 318 g/mol. The molecule has 1 aliphatic rings. The number of nitrogens with zero attached hydrogens (tertiary/aromatic N) is 1. The number of aliphatic carboxylic acids is 1. The van der Waals surface area contributed by atoms with E-state index in [0.717, 1.165) is 5.56 Å². The number of hydrogen-bond acceptors (Lipinski definition) is 3. The molecule has 0 spiro atoms. The molecule has 1 unspecified atom stereocenters. The normalized spacial score (nSPS) is 22.5. The molecule has 0 aromatic heterocycles. The third kappa shape index (κ3) is 3.96. The molecule has 1 saturated heterocycles. The minimum atomic E-state index is -0.856. The number of ether oxygens (including phenoxy) is 1. The smallest absolute Gasteiger partial charge is 0.308 e. The van der Waals surface area contributed by atoms with Gasteiger partial charge >= 0.3 is 5.97 Å². The highest BCUT2D eigenvalue weighted by Crippen LogP contribution is 2.28. The third-order valence-corrected chi connectivity index (χ3v) is 4.64. The number of carbonyl (C=O) groups is 2. The van der Waals surface area contributed by atoms with Gasteiger partial charge in [0.15, 0.2) is 6.10 Å². The molecule has 1 fully saturated rings. The zero-order chi connectivity index (χ0) is 17.1. The first-order valence-corrected chi connectivity index (χ1v) is 8.15. The van der Waals surface area contributed by atoms with Crippen LogP contribution in [0.5, 0.6) is 5.75 Å². The van der Waals surface area contributed by atoms with Gasteiger partial charge < -0.3 is 14.7 Å². The SMILES string of the molecule is Cc1ccc(Cl)c(OC(C)C(=O)N2CCC[C@H](C(=O)O)[C@@H]2C)c1. The number of carboxylic acids is 1. The van der Waals surface area contributed by atoms with Crippen molar-refractivity contribution in [2.75, 3.05) is 6.54 Å². The van der Waals surface area contributed by atoms with Gasteiger partial charge in [0.05, 0.1) is 10.9 Å². The first-order chi connectivity index (χ1) is 10.8. The average molecular weight is 340 g/mol. The molecule has 0 radical (unpaired) electrons. The Morgan fingerprint density at radius 3 is 2.78 bits per heavy atom. The maximum Gasteiger partial charge on any atom is 0.308 e. The lowest BCUT2D eigenvalue weighted by molar-refractivity contribution is -0.151. The van der Waals surface area contributed by atoms with E-state index in [0.29, 0.717) is 30.2 Å². The zero-order valence-corrected chi connectivity index (χ0v) is 14.3. The number of carbonyl (C=O) groups excluding carboxylic acids is 1. The summed E-state index contributed by atoms with van der Waals surface area (Å²) >= 11 is 6.10. The van der Waals surface area contributed by atoms with Gasteiger partial charge in [-0.1, -0.05) is 17.7 Å². The molecule has 1 N–H and O–H groups in total. The number of aryl methyl sites for hydroxylation is 1. The van der Waals surface area contributed by atoms with Gasteiger partial charge in [0, 0.05) is 12.6 Å². The monoisotopic (exact) mass is 339 g/mol. The molecule has 23 heavy (non-hydrogen) atoms. The summed E-state index contributed by atoms with van der Waals surface area (Å²) in [6.07, 6.45) is 0.564. The second kappa shape index (κ2) is 7.21. The van der Waals surface area contributed by atoms with E-state index in [1.807, 2.05) is 13.0 Å². The van der Waals surface area contributed by atoms with Crippen molar-refractivity contribution in [2.45, 2.75) is 45.8 Å². The Balaban J connectivity index is 2.09. The summed E-state index contributed by atoms with van der Waals surface area (Å²) in [6.45, 7) is 5.92. The van der Waals surface area contributed by atoms with Crippen LogP contribution in [0.15, 0.2) is 18.2 Å². The number of halogens is 1. The number of piperidine rings is 1. The van der Waals surface area contributed by atoms with Crippen molar-refractivity contribution in [3.05, 3.63) is 28.8 Å². The summed E-state index contributed by atoms with van der Waals surface area (Å²) in [7, 11) is 0. The van der Waals surface area contributed by atoms with Gasteiger partial charge in [-0.15, -0.1) is 0 Å². The summed E-state index contributed by atoms with van der Waals surface area (Å²) in [5, 5.41) is 9.71. The van der Waals surface area contributed by atoms with E-state index in [2.05, 4.69) is 0 Å². The molecule has 6 heteroatoms. The fourth-order valence-corrected chi connectivity index (χ4v) is 3.12. The minimum absolute atomic E-state index is 0.207. The Morgan fingerprint density at radius 2 is 2.13 bits per heavy atom. The first-order valence-electron chi connectivity index (χ1n) is 7.77. The van der Waals surface area contributed by atoms with E-state index >= 15 is 0 Å². The molecule has 2 rings (SSSR count). The first kappa shape index (κ1) is 17.6. The summed E-state index contributed by atoms with van der Waals surface area (Å²) in [6, 6.07) is 5.04. The Labute approximate surface area is 141 Å². The van der Waals surface area contributed by atoms with Gasteiger partial charge in [-0.25, -0.2) is 0 Å². The number of carboxylic acid groups (broad SMARTS) is 1. The molecule has 1 aromatic carbocycles. The summed E-state index contributed by atoms with van der Waals surface area (Å²) in [5.41, 5.74) is 0.987. The van der Waals surface area contributed by atoms with Gasteiger partial charge in [0.25, 0.3) is 5.91 Å². The molecule has 126 valence electrons. The average Bonchev–Trinajstić information content (AvgIpc) is 2.50. The third-order valence-electron chi connectivity index (χ3n) is 4.33. The lowest BCUT2D eigenvalue weighted by Gasteiger charge is -2.38. The van der Waals surface area contributed by atoms with Crippen molar-refractivity contribution < 1.29 is 19.4 Å². The Kier molecular flexibility index (Phi) is 5.52. The highest BCUT2D eigenvalue weighted by molar-refractivity contribution is 6.32. The Hall–Kier alpha value is -1.75. The lowest BCUT2D eigenvalue weighted by atomic mass is 9.90. The highest BCUT2D eigenvalue weighted by atomic mass is 35.5. The minimum Gasteiger partial charge on any atom is -0.481 e. The summed E-state index contributed by atoms with van der Waals surface area (Å²) in [4.78, 5) is 25.5. The molecule has 1 heterocycles. The molecule has 5 nitrogen and oxygen atoms in total. The standard InChI is InChI=1S/C17H22ClNO4/c1-10-6-7-14(18)15(9-10)23-12(3)16(20)19-8-4-5-13(11(19)2)17(21)22/h6-7,9,11-13H,4-5,8H2,1-3H3,(H,21,22)/t11-,12?,13-/m0/s1. The fourth-order valence-electron chi connectivity index (χ4n) is 2.96. The second-order valence-corrected chi connectivity index (χ2v) is 6.46. The van der Waals surface area contributed by atoms with Crippen LogP contribution in [0.2, 0.25) is 5.02 Å². The van der Waals surface area contributed by atoms with Crippen molar-refractivity contribution >= 4 is 23.5 Å². The summed E-state index contributed by atoms with van der Waals surface area (Å²) < 4.78 is 5.71. The molecule has 3 atom stereocenters. The number of rotatable bonds is 4. The van der Waals surface area contributed by atoms with E-state index in [-0.39, 0.29) is 11.9 Å². The van der Waals surface area contributed by atoms with Crippen molar-refractivity contribution in [1.82, 2.24) is 4.90 Å². The van der Waals surface area contributed by atoms with Crippen LogP contribution < -0.4 is 4.74 Å². The van der Waals surface area contributed by atoms with E-state index in [9.17, 15) is 14.7 Å². The van der Waals surface area contributed by atoms with E-state index in [1.165, 1.54) is 0 Å². The van der Waals surface area contributed by atoms with E-state index in [1.54, 1.807) is 30.9 Å². The van der Waals surface area contributed by atoms with Crippen LogP contribution in [-0.4, -0.2) is 40.6 Å². The van der Waals surface area contributed by atoms with Crippen LogP contribution >= 0.6 is 11.6 Å². The predicted molar refractivity (Wildman–Crippen MR) is 87.8 cm³/mol. The summed E-state index contributed by atoms with van der Waals surface area (Å²) in [5.74, 6) is -1.12. The van der Waals surface area contributed by atoms with E-state index in [4.69, 9.17) is 16.3 Å². The number of benzene rings is 1. The maximum absolute atomic E-state index is 12.6. The fraction of sp³-hybridized carbons (Fsp3) is 0.529. The van der Waals surface area contributed by atoms with E-state index < -0.39 is 18.0 Å². The molecule has 1 aromatic rings. The second-order valence-electron chi connectivity index (χ2n) is 6.05. The van der Waals surface area contributed by atoms with Crippen LogP contribution in [0.3, 0.4) is 0 Å². The van der Waals surface area contributed by atoms with Gasteiger partial charge in [0.2, 0.25) is 0 Å². The Morgan fingerprint density at radius 1 is 1.43 bits per heavy atom. The molecule has 1 aliphatic heterocycles. The highest BCUT2D eigenvalue weighted by Gasteiger charge is 2.37. The van der Waals surface area contributed by atoms with Crippen LogP contribution in [0.25, 0.3) is 0 Å². The molecule has 0 aliphatic carbocycles. The largest absolute Gasteiger partial charge is 0.481 e.